The molecule has 0 atom stereocenters. The first-order valence-electron chi connectivity index (χ1n) is 6.27. The highest BCUT2D eigenvalue weighted by molar-refractivity contribution is 9.10. The van der Waals surface area contributed by atoms with Crippen molar-refractivity contribution in [2.24, 2.45) is 5.73 Å². The van der Waals surface area contributed by atoms with Crippen molar-refractivity contribution in [3.05, 3.63) is 51.8 Å². The zero-order chi connectivity index (χ0) is 13.8. The number of aromatic nitrogens is 1. The fourth-order valence-corrected chi connectivity index (χ4v) is 2.19. The molecule has 2 N–H and O–H groups in total. The van der Waals surface area contributed by atoms with E-state index in [1.807, 2.05) is 37.3 Å². The van der Waals surface area contributed by atoms with Crippen LogP contribution in [0.2, 0.25) is 0 Å². The van der Waals surface area contributed by atoms with Crippen LogP contribution in [0.1, 0.15) is 23.9 Å². The second-order valence-electron chi connectivity index (χ2n) is 4.31. The summed E-state index contributed by atoms with van der Waals surface area (Å²) in [6.07, 6.45) is 0.836. The molecular formula is C15H17BrN2O. The lowest BCUT2D eigenvalue weighted by Crippen LogP contribution is -2.01. The molecule has 1 aromatic carbocycles. The third kappa shape index (κ3) is 3.33. The maximum atomic E-state index is 5.99. The summed E-state index contributed by atoms with van der Waals surface area (Å²) in [5, 5.41) is 0. The number of ether oxygens (including phenoxy) is 1. The Hall–Kier alpha value is -1.39. The van der Waals surface area contributed by atoms with Crippen molar-refractivity contribution in [1.82, 2.24) is 4.98 Å². The standard InChI is InChI=1S/C15H17BrN2O/c1-3-13-14(7-4-10(2)18-13)19-15-8-12(16)6-5-11(15)9-17/h4-8H,3,9,17H2,1-2H3. The van der Waals surface area contributed by atoms with Gasteiger partial charge >= 0.3 is 0 Å². The summed E-state index contributed by atoms with van der Waals surface area (Å²) in [6, 6.07) is 9.77. The molecule has 19 heavy (non-hydrogen) atoms. The third-order valence-electron chi connectivity index (χ3n) is 2.88. The quantitative estimate of drug-likeness (QED) is 0.927. The van der Waals surface area contributed by atoms with E-state index in [1.165, 1.54) is 0 Å². The maximum absolute atomic E-state index is 5.99. The van der Waals surface area contributed by atoms with Crippen LogP contribution >= 0.6 is 15.9 Å². The van der Waals surface area contributed by atoms with Crippen LogP contribution in [0.5, 0.6) is 11.5 Å². The molecule has 0 radical (unpaired) electrons. The van der Waals surface area contributed by atoms with E-state index < -0.39 is 0 Å². The van der Waals surface area contributed by atoms with E-state index in [0.29, 0.717) is 6.54 Å². The zero-order valence-electron chi connectivity index (χ0n) is 11.1. The summed E-state index contributed by atoms with van der Waals surface area (Å²) in [7, 11) is 0. The Bertz CT molecular complexity index is 584. The van der Waals surface area contributed by atoms with E-state index in [1.54, 1.807) is 0 Å². The third-order valence-corrected chi connectivity index (χ3v) is 3.37. The molecule has 1 heterocycles. The van der Waals surface area contributed by atoms with Gasteiger partial charge in [-0.2, -0.15) is 0 Å². The van der Waals surface area contributed by atoms with Gasteiger partial charge in [-0.15, -0.1) is 0 Å². The molecule has 2 rings (SSSR count). The molecule has 2 aromatic rings. The Morgan fingerprint density at radius 1 is 1.21 bits per heavy atom. The van der Waals surface area contributed by atoms with Crippen molar-refractivity contribution in [2.45, 2.75) is 26.8 Å². The van der Waals surface area contributed by atoms with E-state index >= 15 is 0 Å². The van der Waals surface area contributed by atoms with Crippen LogP contribution in [-0.4, -0.2) is 4.98 Å². The molecule has 3 nitrogen and oxygen atoms in total. The van der Waals surface area contributed by atoms with Gasteiger partial charge in [0, 0.05) is 22.3 Å². The fourth-order valence-electron chi connectivity index (χ4n) is 1.85. The number of nitrogens with two attached hydrogens (primary N) is 1. The average Bonchev–Trinajstić information content (AvgIpc) is 2.41. The number of pyridine rings is 1. The molecule has 0 amide bonds. The number of hydrogen-bond donors (Lipinski definition) is 1. The molecule has 0 aliphatic carbocycles. The molecule has 0 saturated heterocycles. The Balaban J connectivity index is 2.38. The SMILES string of the molecule is CCc1nc(C)ccc1Oc1cc(Br)ccc1CN. The van der Waals surface area contributed by atoms with Gasteiger partial charge in [-0.05, 0) is 37.6 Å². The highest BCUT2D eigenvalue weighted by Crippen LogP contribution is 2.30. The summed E-state index contributed by atoms with van der Waals surface area (Å²) in [4.78, 5) is 4.50. The van der Waals surface area contributed by atoms with Gasteiger partial charge in [0.15, 0.2) is 0 Å². The lowest BCUT2D eigenvalue weighted by molar-refractivity contribution is 0.466. The van der Waals surface area contributed by atoms with Crippen molar-refractivity contribution in [1.29, 1.82) is 0 Å². The Kier molecular flexibility index (Phi) is 4.56. The van der Waals surface area contributed by atoms with Crippen molar-refractivity contribution in [3.63, 3.8) is 0 Å². The minimum atomic E-state index is 0.448. The number of nitrogens with zero attached hydrogens (tertiary/aromatic N) is 1. The van der Waals surface area contributed by atoms with E-state index in [0.717, 1.165) is 39.3 Å². The minimum Gasteiger partial charge on any atom is -0.455 e. The van der Waals surface area contributed by atoms with Gasteiger partial charge in [0.1, 0.15) is 11.5 Å². The summed E-state index contributed by atoms with van der Waals surface area (Å²) in [6.45, 7) is 4.50. The molecule has 100 valence electrons. The first-order chi connectivity index (χ1) is 9.13. The molecule has 0 aliphatic heterocycles. The summed E-state index contributed by atoms with van der Waals surface area (Å²) in [5.41, 5.74) is 8.67. The first kappa shape index (κ1) is 14.0. The van der Waals surface area contributed by atoms with Crippen LogP contribution in [-0.2, 0) is 13.0 Å². The Morgan fingerprint density at radius 2 is 2.00 bits per heavy atom. The maximum Gasteiger partial charge on any atom is 0.148 e. The van der Waals surface area contributed by atoms with Gasteiger partial charge in [-0.1, -0.05) is 28.9 Å². The second-order valence-corrected chi connectivity index (χ2v) is 5.22. The monoisotopic (exact) mass is 320 g/mol. The molecule has 1 aromatic heterocycles. The highest BCUT2D eigenvalue weighted by atomic mass is 79.9. The molecular weight excluding hydrogens is 304 g/mol. The van der Waals surface area contributed by atoms with Crippen LogP contribution in [0.3, 0.4) is 0 Å². The number of halogens is 1. The van der Waals surface area contributed by atoms with Crippen LogP contribution in [0, 0.1) is 6.92 Å². The van der Waals surface area contributed by atoms with Gasteiger partial charge < -0.3 is 10.5 Å². The van der Waals surface area contributed by atoms with E-state index in [4.69, 9.17) is 10.5 Å². The summed E-state index contributed by atoms with van der Waals surface area (Å²) < 4.78 is 6.96. The lowest BCUT2D eigenvalue weighted by atomic mass is 10.2. The van der Waals surface area contributed by atoms with Crippen LogP contribution < -0.4 is 10.5 Å². The predicted octanol–water partition coefficient (Wildman–Crippen LogP) is 3.97. The van der Waals surface area contributed by atoms with E-state index in [9.17, 15) is 0 Å². The molecule has 0 aliphatic rings. The predicted molar refractivity (Wildman–Crippen MR) is 80.5 cm³/mol. The Morgan fingerprint density at radius 3 is 2.68 bits per heavy atom. The van der Waals surface area contributed by atoms with E-state index in [-0.39, 0.29) is 0 Å². The summed E-state index contributed by atoms with van der Waals surface area (Å²) >= 11 is 3.45. The second kappa shape index (κ2) is 6.17. The topological polar surface area (TPSA) is 48.1 Å². The summed E-state index contributed by atoms with van der Waals surface area (Å²) in [5.74, 6) is 1.57. The average molecular weight is 321 g/mol. The van der Waals surface area contributed by atoms with Gasteiger partial charge in [0.25, 0.3) is 0 Å². The van der Waals surface area contributed by atoms with Gasteiger partial charge in [0.05, 0.1) is 5.69 Å². The van der Waals surface area contributed by atoms with Gasteiger partial charge in [0.2, 0.25) is 0 Å². The number of aryl methyl sites for hydroxylation is 2. The first-order valence-corrected chi connectivity index (χ1v) is 7.06. The molecule has 0 fully saturated rings. The number of hydrogen-bond acceptors (Lipinski definition) is 3. The van der Waals surface area contributed by atoms with Gasteiger partial charge in [-0.3, -0.25) is 4.98 Å². The zero-order valence-corrected chi connectivity index (χ0v) is 12.7. The largest absolute Gasteiger partial charge is 0.455 e. The van der Waals surface area contributed by atoms with E-state index in [2.05, 4.69) is 27.8 Å². The molecule has 0 bridgehead atoms. The van der Waals surface area contributed by atoms with Crippen molar-refractivity contribution in [2.75, 3.05) is 0 Å². The Labute approximate surface area is 121 Å². The lowest BCUT2D eigenvalue weighted by Gasteiger charge is -2.13. The number of benzene rings is 1. The molecule has 0 unspecified atom stereocenters. The fraction of sp³-hybridized carbons (Fsp3) is 0.267. The molecule has 0 spiro atoms. The van der Waals surface area contributed by atoms with Crippen molar-refractivity contribution in [3.8, 4) is 11.5 Å². The minimum absolute atomic E-state index is 0.448. The van der Waals surface area contributed by atoms with Crippen LogP contribution in [0.25, 0.3) is 0 Å². The normalized spacial score (nSPS) is 10.5. The smallest absolute Gasteiger partial charge is 0.148 e. The highest BCUT2D eigenvalue weighted by Gasteiger charge is 2.09. The number of rotatable bonds is 4. The van der Waals surface area contributed by atoms with Crippen LogP contribution in [0.4, 0.5) is 0 Å². The van der Waals surface area contributed by atoms with Crippen molar-refractivity contribution >= 4 is 15.9 Å². The van der Waals surface area contributed by atoms with Crippen LogP contribution in [0.15, 0.2) is 34.8 Å². The van der Waals surface area contributed by atoms with Gasteiger partial charge in [-0.25, -0.2) is 0 Å². The molecule has 4 heteroatoms. The molecule has 0 saturated carbocycles. The van der Waals surface area contributed by atoms with Crippen molar-refractivity contribution < 1.29 is 4.74 Å².